The number of ether oxygens (including phenoxy) is 1. The van der Waals surface area contributed by atoms with Crippen LogP contribution >= 0.6 is 0 Å². The van der Waals surface area contributed by atoms with Gasteiger partial charge in [0.15, 0.2) is 0 Å². The molecule has 2 heterocycles. The normalized spacial score (nSPS) is 27.2. The molecular weight excluding hydrogens is 230 g/mol. The third kappa shape index (κ3) is 2.62. The Balaban J connectivity index is 1.39. The third-order valence-electron chi connectivity index (χ3n) is 4.39. The maximum absolute atomic E-state index is 12.0. The molecule has 0 bridgehead atoms. The summed E-state index contributed by atoms with van der Waals surface area (Å²) >= 11 is 0. The highest BCUT2D eigenvalue weighted by Gasteiger charge is 2.36. The number of nitrogens with one attached hydrogen (secondary N) is 1. The number of carbonyl (C=O) groups excluding carboxylic acids is 1. The molecule has 3 rings (SSSR count). The number of morpholine rings is 1. The molecule has 0 spiro atoms. The topological polar surface area (TPSA) is 44.8 Å². The molecule has 0 atom stereocenters. The molecule has 0 aromatic heterocycles. The molecule has 2 amide bonds. The Morgan fingerprint density at radius 1 is 1.11 bits per heavy atom. The van der Waals surface area contributed by atoms with Crippen LogP contribution < -0.4 is 5.32 Å². The van der Waals surface area contributed by atoms with Crippen LogP contribution in [0.1, 0.15) is 25.7 Å². The van der Waals surface area contributed by atoms with E-state index in [2.05, 4.69) is 10.2 Å². The van der Waals surface area contributed by atoms with Crippen molar-refractivity contribution in [3.8, 4) is 0 Å². The zero-order chi connectivity index (χ0) is 12.4. The molecule has 3 aliphatic rings. The summed E-state index contributed by atoms with van der Waals surface area (Å²) in [5.41, 5.74) is 0. The average molecular weight is 253 g/mol. The lowest BCUT2D eigenvalue weighted by atomic mass is 10.1. The molecule has 2 saturated heterocycles. The van der Waals surface area contributed by atoms with Crippen LogP contribution in [-0.2, 0) is 4.74 Å². The van der Waals surface area contributed by atoms with Crippen molar-refractivity contribution < 1.29 is 9.53 Å². The Bertz CT molecular complexity index is 293. The number of likely N-dealkylation sites (tertiary alicyclic amines) is 1. The Kier molecular flexibility index (Phi) is 3.70. The first kappa shape index (κ1) is 12.2. The molecule has 1 N–H and O–H groups in total. The van der Waals surface area contributed by atoms with Gasteiger partial charge in [-0.25, -0.2) is 4.79 Å². The van der Waals surface area contributed by atoms with Crippen molar-refractivity contribution in [1.82, 2.24) is 15.1 Å². The zero-order valence-corrected chi connectivity index (χ0v) is 10.9. The number of rotatable bonds is 2. The molecule has 2 aliphatic heterocycles. The highest BCUT2D eigenvalue weighted by Crippen LogP contribution is 2.20. The molecule has 1 aliphatic carbocycles. The summed E-state index contributed by atoms with van der Waals surface area (Å²) < 4.78 is 5.35. The van der Waals surface area contributed by atoms with Gasteiger partial charge in [-0.3, -0.25) is 4.90 Å². The maximum Gasteiger partial charge on any atom is 0.317 e. The number of hydrogen-bond acceptors (Lipinski definition) is 3. The summed E-state index contributed by atoms with van der Waals surface area (Å²) in [6.45, 7) is 5.48. The second-order valence-corrected chi connectivity index (χ2v) is 5.64. The summed E-state index contributed by atoms with van der Waals surface area (Å²) in [6.07, 6.45) is 4.85. The fraction of sp³-hybridized carbons (Fsp3) is 0.923. The molecule has 0 unspecified atom stereocenters. The van der Waals surface area contributed by atoms with Crippen molar-refractivity contribution in [3.63, 3.8) is 0 Å². The lowest BCUT2D eigenvalue weighted by molar-refractivity contribution is -0.0205. The summed E-state index contributed by atoms with van der Waals surface area (Å²) in [4.78, 5) is 16.4. The Morgan fingerprint density at radius 3 is 2.44 bits per heavy atom. The van der Waals surface area contributed by atoms with Crippen LogP contribution in [-0.4, -0.2) is 67.3 Å². The van der Waals surface area contributed by atoms with Crippen LogP contribution in [0.3, 0.4) is 0 Å². The third-order valence-corrected chi connectivity index (χ3v) is 4.39. The van der Waals surface area contributed by atoms with E-state index < -0.39 is 0 Å². The summed E-state index contributed by atoms with van der Waals surface area (Å²) in [5.74, 6) is 0. The van der Waals surface area contributed by atoms with Crippen LogP contribution in [0.5, 0.6) is 0 Å². The molecule has 0 aromatic carbocycles. The first-order valence-electron chi connectivity index (χ1n) is 7.20. The summed E-state index contributed by atoms with van der Waals surface area (Å²) in [7, 11) is 0. The molecular formula is C13H23N3O2. The minimum Gasteiger partial charge on any atom is -0.379 e. The Hall–Kier alpha value is -0.810. The standard InChI is InChI=1S/C13H23N3O2/c17-13(14-11-3-1-2-4-11)16-9-12(10-16)15-5-7-18-8-6-15/h11-12H,1-10H2,(H,14,17). The van der Waals surface area contributed by atoms with Crippen molar-refractivity contribution in [2.45, 2.75) is 37.8 Å². The van der Waals surface area contributed by atoms with E-state index in [0.29, 0.717) is 12.1 Å². The predicted octanol–water partition coefficient (Wildman–Crippen LogP) is 0.655. The van der Waals surface area contributed by atoms with Crippen molar-refractivity contribution in [2.75, 3.05) is 39.4 Å². The van der Waals surface area contributed by atoms with Gasteiger partial charge in [0.25, 0.3) is 0 Å². The number of amides is 2. The van der Waals surface area contributed by atoms with Crippen LogP contribution in [0, 0.1) is 0 Å². The fourth-order valence-electron chi connectivity index (χ4n) is 3.13. The van der Waals surface area contributed by atoms with E-state index in [0.717, 1.165) is 52.2 Å². The van der Waals surface area contributed by atoms with Gasteiger partial charge < -0.3 is 15.0 Å². The number of urea groups is 1. The van der Waals surface area contributed by atoms with E-state index in [1.54, 1.807) is 0 Å². The molecule has 3 fully saturated rings. The van der Waals surface area contributed by atoms with E-state index in [9.17, 15) is 4.79 Å². The maximum atomic E-state index is 12.0. The van der Waals surface area contributed by atoms with E-state index in [-0.39, 0.29) is 6.03 Å². The molecule has 5 heteroatoms. The van der Waals surface area contributed by atoms with Gasteiger partial charge in [0.1, 0.15) is 0 Å². The van der Waals surface area contributed by atoms with Gasteiger partial charge in [0, 0.05) is 38.3 Å². The van der Waals surface area contributed by atoms with Crippen molar-refractivity contribution >= 4 is 6.03 Å². The Labute approximate surface area is 108 Å². The van der Waals surface area contributed by atoms with Gasteiger partial charge in [0.2, 0.25) is 0 Å². The predicted molar refractivity (Wildman–Crippen MR) is 68.5 cm³/mol. The van der Waals surface area contributed by atoms with Gasteiger partial charge in [-0.1, -0.05) is 12.8 Å². The number of nitrogens with zero attached hydrogens (tertiary/aromatic N) is 2. The highest BCUT2D eigenvalue weighted by molar-refractivity contribution is 5.75. The second-order valence-electron chi connectivity index (χ2n) is 5.64. The first-order valence-corrected chi connectivity index (χ1v) is 7.20. The SMILES string of the molecule is O=C(NC1CCCC1)N1CC(N2CCOCC2)C1. The molecule has 0 aromatic rings. The Morgan fingerprint density at radius 2 is 1.78 bits per heavy atom. The minimum absolute atomic E-state index is 0.145. The van der Waals surface area contributed by atoms with Gasteiger partial charge in [0.05, 0.1) is 13.2 Å². The lowest BCUT2D eigenvalue weighted by Gasteiger charge is -2.46. The van der Waals surface area contributed by atoms with Crippen LogP contribution in [0.2, 0.25) is 0 Å². The van der Waals surface area contributed by atoms with E-state index in [1.807, 2.05) is 4.90 Å². The second kappa shape index (κ2) is 5.45. The largest absolute Gasteiger partial charge is 0.379 e. The molecule has 0 radical (unpaired) electrons. The van der Waals surface area contributed by atoms with Crippen molar-refractivity contribution in [2.24, 2.45) is 0 Å². The van der Waals surface area contributed by atoms with Crippen LogP contribution in [0.4, 0.5) is 4.79 Å². The van der Waals surface area contributed by atoms with Gasteiger partial charge in [-0.05, 0) is 12.8 Å². The number of hydrogen-bond donors (Lipinski definition) is 1. The van der Waals surface area contributed by atoms with Gasteiger partial charge >= 0.3 is 6.03 Å². The molecule has 18 heavy (non-hydrogen) atoms. The lowest BCUT2D eigenvalue weighted by Crippen LogP contribution is -2.64. The summed E-state index contributed by atoms with van der Waals surface area (Å²) in [6, 6.07) is 1.13. The van der Waals surface area contributed by atoms with Crippen LogP contribution in [0.15, 0.2) is 0 Å². The van der Waals surface area contributed by atoms with E-state index >= 15 is 0 Å². The average Bonchev–Trinajstić information content (AvgIpc) is 2.81. The zero-order valence-electron chi connectivity index (χ0n) is 10.9. The van der Waals surface area contributed by atoms with Crippen molar-refractivity contribution in [3.05, 3.63) is 0 Å². The fourth-order valence-corrected chi connectivity index (χ4v) is 3.13. The molecule has 5 nitrogen and oxygen atoms in total. The van der Waals surface area contributed by atoms with Crippen molar-refractivity contribution in [1.29, 1.82) is 0 Å². The minimum atomic E-state index is 0.145. The van der Waals surface area contributed by atoms with Gasteiger partial charge in [-0.2, -0.15) is 0 Å². The monoisotopic (exact) mass is 253 g/mol. The highest BCUT2D eigenvalue weighted by atomic mass is 16.5. The van der Waals surface area contributed by atoms with Gasteiger partial charge in [-0.15, -0.1) is 0 Å². The quantitative estimate of drug-likeness (QED) is 0.786. The van der Waals surface area contributed by atoms with Crippen LogP contribution in [0.25, 0.3) is 0 Å². The molecule has 102 valence electrons. The smallest absolute Gasteiger partial charge is 0.317 e. The first-order chi connectivity index (χ1) is 8.83. The summed E-state index contributed by atoms with van der Waals surface area (Å²) in [5, 5.41) is 3.15. The number of carbonyl (C=O) groups is 1. The van der Waals surface area contributed by atoms with E-state index in [1.165, 1.54) is 12.8 Å². The molecule has 1 saturated carbocycles. The van der Waals surface area contributed by atoms with E-state index in [4.69, 9.17) is 4.74 Å².